The summed E-state index contributed by atoms with van der Waals surface area (Å²) in [6.45, 7) is 5.62. The highest BCUT2D eigenvalue weighted by molar-refractivity contribution is 7.17. The van der Waals surface area contributed by atoms with E-state index in [1.54, 1.807) is 30.2 Å². The summed E-state index contributed by atoms with van der Waals surface area (Å²) >= 11 is 1.27. The van der Waals surface area contributed by atoms with Crippen LogP contribution in [0.2, 0.25) is 0 Å². The van der Waals surface area contributed by atoms with Gasteiger partial charge < -0.3 is 14.7 Å². The predicted molar refractivity (Wildman–Crippen MR) is 132 cm³/mol. The number of hydrogen-bond acceptors (Lipinski definition) is 8. The predicted octanol–water partition coefficient (Wildman–Crippen LogP) is 3.42. The second-order valence-electron chi connectivity index (χ2n) is 8.50. The average molecular weight is 491 g/mol. The van der Waals surface area contributed by atoms with Gasteiger partial charge in [-0.1, -0.05) is 36.4 Å². The molecule has 1 atom stereocenters. The van der Waals surface area contributed by atoms with E-state index in [0.29, 0.717) is 42.6 Å². The van der Waals surface area contributed by atoms with E-state index in [4.69, 9.17) is 4.74 Å². The van der Waals surface area contributed by atoms with Crippen LogP contribution in [0.5, 0.6) is 0 Å². The van der Waals surface area contributed by atoms with E-state index in [0.717, 1.165) is 23.7 Å². The number of ketones is 1. The van der Waals surface area contributed by atoms with Crippen molar-refractivity contribution in [3.8, 4) is 10.6 Å². The molecule has 8 nitrogen and oxygen atoms in total. The van der Waals surface area contributed by atoms with Gasteiger partial charge in [-0.3, -0.25) is 19.5 Å². The molecule has 5 rings (SSSR count). The third-order valence-electron chi connectivity index (χ3n) is 6.30. The molecule has 1 aromatic carbocycles. The van der Waals surface area contributed by atoms with Crippen LogP contribution < -0.4 is 0 Å². The molecule has 2 aliphatic heterocycles. The summed E-state index contributed by atoms with van der Waals surface area (Å²) in [5.41, 5.74) is 2.08. The van der Waals surface area contributed by atoms with Crippen molar-refractivity contribution in [2.75, 3.05) is 39.4 Å². The third-order valence-corrected chi connectivity index (χ3v) is 7.51. The molecule has 9 heteroatoms. The second-order valence-corrected chi connectivity index (χ2v) is 9.50. The van der Waals surface area contributed by atoms with E-state index in [1.807, 2.05) is 36.4 Å². The number of amides is 1. The fraction of sp³-hybridized carbons (Fsp3) is 0.308. The van der Waals surface area contributed by atoms with Crippen LogP contribution in [0.25, 0.3) is 10.6 Å². The molecular formula is C26H26N4O4S. The van der Waals surface area contributed by atoms with Crippen molar-refractivity contribution in [1.82, 2.24) is 19.8 Å². The van der Waals surface area contributed by atoms with Crippen LogP contribution in [0.4, 0.5) is 0 Å². The molecule has 3 aromatic rings. The summed E-state index contributed by atoms with van der Waals surface area (Å²) in [5, 5.41) is 11.7. The van der Waals surface area contributed by atoms with Gasteiger partial charge in [-0.05, 0) is 19.1 Å². The number of aromatic nitrogens is 2. The molecule has 0 radical (unpaired) electrons. The number of benzene rings is 1. The lowest BCUT2D eigenvalue weighted by Crippen LogP contribution is -2.43. The van der Waals surface area contributed by atoms with Crippen LogP contribution in [0, 0.1) is 6.92 Å². The Bertz CT molecular complexity index is 1250. The molecule has 1 N–H and O–H groups in total. The monoisotopic (exact) mass is 490 g/mol. The number of aryl methyl sites for hydroxylation is 1. The molecule has 2 aliphatic rings. The Kier molecular flexibility index (Phi) is 6.72. The first-order valence-corrected chi connectivity index (χ1v) is 12.4. The Morgan fingerprint density at radius 1 is 1.11 bits per heavy atom. The number of rotatable bonds is 7. The highest BCUT2D eigenvalue weighted by atomic mass is 32.1. The lowest BCUT2D eigenvalue weighted by atomic mass is 9.98. The fourth-order valence-electron chi connectivity index (χ4n) is 4.47. The highest BCUT2D eigenvalue weighted by Gasteiger charge is 2.45. The number of Topliss-reactive ketones (excluding diaryl/α,β-unsaturated/α-hetero) is 1. The van der Waals surface area contributed by atoms with Gasteiger partial charge in [0.15, 0.2) is 5.76 Å². The molecule has 1 fully saturated rings. The van der Waals surface area contributed by atoms with E-state index in [2.05, 4.69) is 14.9 Å². The third kappa shape index (κ3) is 4.62. The van der Waals surface area contributed by atoms with Crippen LogP contribution in [-0.2, 0) is 9.53 Å². The molecule has 0 spiro atoms. The Hall–Kier alpha value is -3.40. The molecule has 1 unspecified atom stereocenters. The fourth-order valence-corrected chi connectivity index (χ4v) is 5.49. The standard InChI is InChI=1S/C26H26N4O4S/c1-17-24(35-25(28-17)18-7-3-2-4-8-18)22(31)20-21(19-9-5-6-10-27-19)30(26(33)23(20)32)12-11-29-13-15-34-16-14-29/h2-10,21,32H,11-16H2,1H3. The van der Waals surface area contributed by atoms with E-state index >= 15 is 0 Å². The first-order chi connectivity index (χ1) is 17.0. The summed E-state index contributed by atoms with van der Waals surface area (Å²) in [4.78, 5) is 40.2. The SMILES string of the molecule is Cc1nc(-c2ccccc2)sc1C(=O)C1=C(O)C(=O)N(CCN2CCOCC2)C1c1ccccn1. The number of aliphatic hydroxyl groups is 1. The van der Waals surface area contributed by atoms with Crippen molar-refractivity contribution in [2.45, 2.75) is 13.0 Å². The van der Waals surface area contributed by atoms with Crippen molar-refractivity contribution in [2.24, 2.45) is 0 Å². The Balaban J connectivity index is 1.48. The van der Waals surface area contributed by atoms with Gasteiger partial charge in [-0.25, -0.2) is 4.98 Å². The van der Waals surface area contributed by atoms with Gasteiger partial charge in [0.25, 0.3) is 5.91 Å². The molecule has 180 valence electrons. The molecule has 1 amide bonds. The van der Waals surface area contributed by atoms with Gasteiger partial charge in [0, 0.05) is 37.9 Å². The summed E-state index contributed by atoms with van der Waals surface area (Å²) in [6, 6.07) is 14.2. The van der Waals surface area contributed by atoms with E-state index < -0.39 is 23.5 Å². The van der Waals surface area contributed by atoms with E-state index in [9.17, 15) is 14.7 Å². The van der Waals surface area contributed by atoms with Crippen LogP contribution in [0.15, 0.2) is 66.1 Å². The van der Waals surface area contributed by atoms with E-state index in [1.165, 1.54) is 11.3 Å². The van der Waals surface area contributed by atoms with Gasteiger partial charge in [0.05, 0.1) is 35.1 Å². The van der Waals surface area contributed by atoms with Gasteiger partial charge in [-0.2, -0.15) is 0 Å². The summed E-state index contributed by atoms with van der Waals surface area (Å²) < 4.78 is 5.41. The smallest absolute Gasteiger partial charge is 0.290 e. The highest BCUT2D eigenvalue weighted by Crippen LogP contribution is 2.40. The largest absolute Gasteiger partial charge is 0.503 e. The molecule has 4 heterocycles. The van der Waals surface area contributed by atoms with Crippen molar-refractivity contribution in [3.05, 3.63) is 82.3 Å². The summed E-state index contributed by atoms with van der Waals surface area (Å²) in [6.07, 6.45) is 1.63. The zero-order valence-electron chi connectivity index (χ0n) is 19.4. The van der Waals surface area contributed by atoms with Gasteiger partial charge in [0.1, 0.15) is 11.0 Å². The number of aliphatic hydroxyl groups excluding tert-OH is 1. The molecular weight excluding hydrogens is 464 g/mol. The molecule has 0 aliphatic carbocycles. The van der Waals surface area contributed by atoms with Crippen molar-refractivity contribution in [3.63, 3.8) is 0 Å². The van der Waals surface area contributed by atoms with Crippen LogP contribution in [-0.4, -0.2) is 76.0 Å². The Morgan fingerprint density at radius 3 is 2.57 bits per heavy atom. The van der Waals surface area contributed by atoms with Crippen LogP contribution >= 0.6 is 11.3 Å². The minimum absolute atomic E-state index is 0.0574. The molecule has 2 aromatic heterocycles. The lowest BCUT2D eigenvalue weighted by molar-refractivity contribution is -0.129. The number of morpholine rings is 1. The zero-order valence-corrected chi connectivity index (χ0v) is 20.2. The van der Waals surface area contributed by atoms with Gasteiger partial charge >= 0.3 is 0 Å². The quantitative estimate of drug-likeness (QED) is 0.507. The minimum atomic E-state index is -0.765. The number of nitrogens with zero attached hydrogens (tertiary/aromatic N) is 4. The molecule has 1 saturated heterocycles. The normalized spacial score (nSPS) is 18.9. The number of thiazole rings is 1. The van der Waals surface area contributed by atoms with Gasteiger partial charge in [0.2, 0.25) is 5.78 Å². The maximum absolute atomic E-state index is 13.8. The molecule has 0 bridgehead atoms. The molecule has 35 heavy (non-hydrogen) atoms. The Morgan fingerprint density at radius 2 is 1.86 bits per heavy atom. The minimum Gasteiger partial charge on any atom is -0.503 e. The van der Waals surface area contributed by atoms with Gasteiger partial charge in [-0.15, -0.1) is 11.3 Å². The van der Waals surface area contributed by atoms with Crippen LogP contribution in [0.3, 0.4) is 0 Å². The Labute approximate surface area is 207 Å². The maximum Gasteiger partial charge on any atom is 0.290 e. The number of ether oxygens (including phenoxy) is 1. The average Bonchev–Trinajstić information content (AvgIpc) is 3.41. The topological polar surface area (TPSA) is 95.9 Å². The number of hydrogen-bond donors (Lipinski definition) is 1. The number of carbonyl (C=O) groups excluding carboxylic acids is 2. The maximum atomic E-state index is 13.8. The number of pyridine rings is 1. The summed E-state index contributed by atoms with van der Waals surface area (Å²) in [7, 11) is 0. The van der Waals surface area contributed by atoms with Crippen molar-refractivity contribution >= 4 is 23.0 Å². The first-order valence-electron chi connectivity index (χ1n) is 11.6. The lowest BCUT2D eigenvalue weighted by Gasteiger charge is -2.31. The van der Waals surface area contributed by atoms with Crippen molar-refractivity contribution < 1.29 is 19.4 Å². The number of carbonyl (C=O) groups is 2. The molecule has 0 saturated carbocycles. The second kappa shape index (κ2) is 10.1. The summed E-state index contributed by atoms with van der Waals surface area (Å²) in [5.74, 6) is -1.46. The first kappa shape index (κ1) is 23.3. The van der Waals surface area contributed by atoms with Crippen molar-refractivity contribution in [1.29, 1.82) is 0 Å². The van der Waals surface area contributed by atoms with Crippen LogP contribution in [0.1, 0.15) is 27.1 Å². The zero-order chi connectivity index (χ0) is 24.4. The van der Waals surface area contributed by atoms with E-state index in [-0.39, 0.29) is 5.57 Å².